The van der Waals surface area contributed by atoms with Crippen LogP contribution in [0, 0.1) is 6.92 Å². The van der Waals surface area contributed by atoms with Crippen LogP contribution in [0.5, 0.6) is 0 Å². The SMILES string of the molecule is Cc1nc(N(C)CCO)ccc1CO. The van der Waals surface area contributed by atoms with Crippen LogP contribution in [-0.4, -0.2) is 35.4 Å². The van der Waals surface area contributed by atoms with Crippen LogP contribution in [0.4, 0.5) is 5.82 Å². The number of anilines is 1. The molecule has 0 aliphatic heterocycles. The molecular weight excluding hydrogens is 180 g/mol. The van der Waals surface area contributed by atoms with Crippen LogP contribution >= 0.6 is 0 Å². The topological polar surface area (TPSA) is 56.6 Å². The molecule has 0 amide bonds. The summed E-state index contributed by atoms with van der Waals surface area (Å²) in [5.74, 6) is 0.814. The van der Waals surface area contributed by atoms with E-state index in [1.54, 1.807) is 0 Å². The van der Waals surface area contributed by atoms with E-state index in [0.29, 0.717) is 6.54 Å². The number of pyridine rings is 1. The second-order valence-electron chi connectivity index (χ2n) is 3.22. The van der Waals surface area contributed by atoms with E-state index >= 15 is 0 Å². The average Bonchev–Trinajstić information content (AvgIpc) is 2.18. The summed E-state index contributed by atoms with van der Waals surface area (Å²) in [4.78, 5) is 6.19. The molecule has 0 radical (unpaired) electrons. The maximum absolute atomic E-state index is 8.96. The van der Waals surface area contributed by atoms with Crippen molar-refractivity contribution >= 4 is 5.82 Å². The molecule has 78 valence electrons. The first-order valence-electron chi connectivity index (χ1n) is 4.58. The number of rotatable bonds is 4. The van der Waals surface area contributed by atoms with Gasteiger partial charge < -0.3 is 15.1 Å². The number of likely N-dealkylation sites (N-methyl/N-ethyl adjacent to an activating group) is 1. The van der Waals surface area contributed by atoms with E-state index in [-0.39, 0.29) is 13.2 Å². The van der Waals surface area contributed by atoms with Crippen molar-refractivity contribution < 1.29 is 10.2 Å². The lowest BCUT2D eigenvalue weighted by atomic mass is 10.2. The van der Waals surface area contributed by atoms with Crippen molar-refractivity contribution in [2.45, 2.75) is 13.5 Å². The summed E-state index contributed by atoms with van der Waals surface area (Å²) in [6.07, 6.45) is 0. The monoisotopic (exact) mass is 196 g/mol. The molecule has 2 N–H and O–H groups in total. The lowest BCUT2D eigenvalue weighted by molar-refractivity contribution is 0.280. The van der Waals surface area contributed by atoms with E-state index in [1.807, 2.05) is 31.0 Å². The van der Waals surface area contributed by atoms with Gasteiger partial charge in [0, 0.05) is 19.3 Å². The quantitative estimate of drug-likeness (QED) is 0.727. The Bertz CT molecular complexity index is 302. The van der Waals surface area contributed by atoms with Gasteiger partial charge in [-0.05, 0) is 18.6 Å². The lowest BCUT2D eigenvalue weighted by Gasteiger charge is -2.17. The van der Waals surface area contributed by atoms with Gasteiger partial charge in [0.2, 0.25) is 0 Å². The Morgan fingerprint density at radius 3 is 2.57 bits per heavy atom. The molecule has 14 heavy (non-hydrogen) atoms. The predicted octanol–water partition coefficient (Wildman–Crippen LogP) is 0.311. The molecule has 4 heteroatoms. The zero-order valence-corrected chi connectivity index (χ0v) is 8.56. The molecule has 1 heterocycles. The number of aromatic nitrogens is 1. The molecular formula is C10H16N2O2. The van der Waals surface area contributed by atoms with Crippen LogP contribution in [0.1, 0.15) is 11.3 Å². The molecule has 0 spiro atoms. The second kappa shape index (κ2) is 4.93. The highest BCUT2D eigenvalue weighted by molar-refractivity contribution is 5.40. The number of hydrogen-bond acceptors (Lipinski definition) is 4. The molecule has 0 unspecified atom stereocenters. The second-order valence-corrected chi connectivity index (χ2v) is 3.22. The standard InChI is InChI=1S/C10H16N2O2/c1-8-9(7-14)3-4-10(11-8)12(2)5-6-13/h3-4,13-14H,5-7H2,1-2H3. The molecule has 1 aromatic rings. The normalized spacial score (nSPS) is 10.3. The molecule has 0 bridgehead atoms. The Morgan fingerprint density at radius 2 is 2.07 bits per heavy atom. The summed E-state index contributed by atoms with van der Waals surface area (Å²) in [5, 5.41) is 17.7. The number of nitrogens with zero attached hydrogens (tertiary/aromatic N) is 2. The Labute approximate surface area is 83.8 Å². The highest BCUT2D eigenvalue weighted by Gasteiger charge is 2.04. The number of aliphatic hydroxyl groups excluding tert-OH is 2. The molecule has 1 rings (SSSR count). The van der Waals surface area contributed by atoms with Gasteiger partial charge in [-0.25, -0.2) is 4.98 Å². The number of aryl methyl sites for hydroxylation is 1. The first-order valence-corrected chi connectivity index (χ1v) is 4.58. The Kier molecular flexibility index (Phi) is 3.85. The summed E-state index contributed by atoms with van der Waals surface area (Å²) in [6, 6.07) is 3.69. The van der Waals surface area contributed by atoms with E-state index in [2.05, 4.69) is 4.98 Å². The van der Waals surface area contributed by atoms with Crippen molar-refractivity contribution in [1.29, 1.82) is 0 Å². The Morgan fingerprint density at radius 1 is 1.36 bits per heavy atom. The summed E-state index contributed by atoms with van der Waals surface area (Å²) in [7, 11) is 1.87. The van der Waals surface area contributed by atoms with Crippen molar-refractivity contribution in [3.8, 4) is 0 Å². The zero-order valence-electron chi connectivity index (χ0n) is 8.56. The largest absolute Gasteiger partial charge is 0.395 e. The summed E-state index contributed by atoms with van der Waals surface area (Å²) >= 11 is 0. The highest BCUT2D eigenvalue weighted by Crippen LogP contribution is 2.13. The van der Waals surface area contributed by atoms with Crippen molar-refractivity contribution in [2.24, 2.45) is 0 Å². The van der Waals surface area contributed by atoms with Gasteiger partial charge in [0.15, 0.2) is 0 Å². The van der Waals surface area contributed by atoms with Gasteiger partial charge in [0.25, 0.3) is 0 Å². The fourth-order valence-corrected chi connectivity index (χ4v) is 1.22. The molecule has 0 saturated heterocycles. The van der Waals surface area contributed by atoms with Crippen molar-refractivity contribution in [3.63, 3.8) is 0 Å². The first kappa shape index (κ1) is 10.9. The fraction of sp³-hybridized carbons (Fsp3) is 0.500. The molecule has 0 aromatic carbocycles. The highest BCUT2D eigenvalue weighted by atomic mass is 16.3. The Hall–Kier alpha value is -1.13. The third-order valence-corrected chi connectivity index (χ3v) is 2.18. The van der Waals surface area contributed by atoms with Crippen LogP contribution in [0.25, 0.3) is 0 Å². The third kappa shape index (κ3) is 2.43. The van der Waals surface area contributed by atoms with Crippen LogP contribution in [-0.2, 0) is 6.61 Å². The smallest absolute Gasteiger partial charge is 0.128 e. The lowest BCUT2D eigenvalue weighted by Crippen LogP contribution is -2.22. The molecule has 1 aromatic heterocycles. The van der Waals surface area contributed by atoms with Crippen LogP contribution < -0.4 is 4.90 Å². The van der Waals surface area contributed by atoms with Gasteiger partial charge in [-0.3, -0.25) is 0 Å². The summed E-state index contributed by atoms with van der Waals surface area (Å²) in [6.45, 7) is 2.55. The van der Waals surface area contributed by atoms with Crippen molar-refractivity contribution in [1.82, 2.24) is 4.98 Å². The van der Waals surface area contributed by atoms with Gasteiger partial charge in [-0.1, -0.05) is 6.07 Å². The molecule has 0 fully saturated rings. The van der Waals surface area contributed by atoms with Crippen molar-refractivity contribution in [2.75, 3.05) is 25.1 Å². The number of aliphatic hydroxyl groups is 2. The minimum absolute atomic E-state index is 0.0167. The van der Waals surface area contributed by atoms with E-state index in [0.717, 1.165) is 17.1 Å². The Balaban J connectivity index is 2.85. The van der Waals surface area contributed by atoms with E-state index < -0.39 is 0 Å². The van der Waals surface area contributed by atoms with Gasteiger partial charge in [-0.15, -0.1) is 0 Å². The van der Waals surface area contributed by atoms with Crippen LogP contribution in [0.2, 0.25) is 0 Å². The van der Waals surface area contributed by atoms with Gasteiger partial charge in [-0.2, -0.15) is 0 Å². The van der Waals surface area contributed by atoms with Gasteiger partial charge in [0.1, 0.15) is 5.82 Å². The minimum atomic E-state index is 0.0167. The van der Waals surface area contributed by atoms with Crippen LogP contribution in [0.3, 0.4) is 0 Å². The average molecular weight is 196 g/mol. The maximum Gasteiger partial charge on any atom is 0.128 e. The first-order chi connectivity index (χ1) is 6.69. The zero-order chi connectivity index (χ0) is 10.6. The third-order valence-electron chi connectivity index (χ3n) is 2.18. The molecule has 0 aliphatic carbocycles. The number of hydrogen-bond donors (Lipinski definition) is 2. The summed E-state index contributed by atoms with van der Waals surface area (Å²) in [5.41, 5.74) is 1.67. The minimum Gasteiger partial charge on any atom is -0.395 e. The van der Waals surface area contributed by atoms with E-state index in [9.17, 15) is 0 Å². The molecule has 4 nitrogen and oxygen atoms in total. The predicted molar refractivity (Wildman–Crippen MR) is 55.3 cm³/mol. The van der Waals surface area contributed by atoms with Gasteiger partial charge >= 0.3 is 0 Å². The maximum atomic E-state index is 8.96. The van der Waals surface area contributed by atoms with Gasteiger partial charge in [0.05, 0.1) is 13.2 Å². The summed E-state index contributed by atoms with van der Waals surface area (Å²) < 4.78 is 0. The molecule has 0 saturated carbocycles. The van der Waals surface area contributed by atoms with E-state index in [1.165, 1.54) is 0 Å². The molecule has 0 aliphatic rings. The van der Waals surface area contributed by atoms with E-state index in [4.69, 9.17) is 10.2 Å². The van der Waals surface area contributed by atoms with Crippen molar-refractivity contribution in [3.05, 3.63) is 23.4 Å². The van der Waals surface area contributed by atoms with Crippen LogP contribution in [0.15, 0.2) is 12.1 Å². The fourth-order valence-electron chi connectivity index (χ4n) is 1.22. The molecule has 0 atom stereocenters.